The van der Waals surface area contributed by atoms with Gasteiger partial charge < -0.3 is 24.3 Å². The summed E-state index contributed by atoms with van der Waals surface area (Å²) in [6.07, 6.45) is 9.76. The fraction of sp³-hybridized carbons (Fsp3) is 0.188. The highest BCUT2D eigenvalue weighted by Gasteiger charge is 2.15. The number of carboxylic acids is 2. The summed E-state index contributed by atoms with van der Waals surface area (Å²) in [5.74, 6) is -0.888. The summed E-state index contributed by atoms with van der Waals surface area (Å²) in [5, 5.41) is 18.9. The number of aryl methyl sites for hydroxylation is 1. The number of halogens is 1. The molecule has 0 saturated heterocycles. The van der Waals surface area contributed by atoms with Gasteiger partial charge in [-0.1, -0.05) is 42.5 Å². The second kappa shape index (κ2) is 13.8. The molecule has 8 heteroatoms. The van der Waals surface area contributed by atoms with E-state index in [4.69, 9.17) is 14.6 Å². The van der Waals surface area contributed by atoms with E-state index in [0.29, 0.717) is 53.8 Å². The molecule has 40 heavy (non-hydrogen) atoms. The van der Waals surface area contributed by atoms with Gasteiger partial charge in [0.05, 0.1) is 5.52 Å². The standard InChI is InChI=1S/C32H30FNO6/c33-26-19-24(32-29(20-26)25(7-6-10-30(35)36)21-34(32)22-31(37)38)14-11-23-12-15-28(16-13-23)40-18-5-4-17-39-27-8-2-1-3-9-27/h1-5,8-9,11-16,19-21H,6-7,10,17-18,22H2,(H,35,36)(H,37,38)/b5-4+,14-11?. The number of aromatic nitrogens is 1. The summed E-state index contributed by atoms with van der Waals surface area (Å²) in [7, 11) is 0. The Kier molecular flexibility index (Phi) is 9.72. The SMILES string of the molecule is O=C(O)CCCc1cn(CC(=O)O)c2c(C=Cc3ccc(OC/C=C/COc4ccccc4)cc3)cc(F)cc12. The number of carbonyl (C=O) groups is 2. The molecule has 0 aliphatic rings. The second-order valence-electron chi connectivity index (χ2n) is 9.12. The van der Waals surface area contributed by atoms with E-state index < -0.39 is 17.8 Å². The van der Waals surface area contributed by atoms with Gasteiger partial charge in [-0.25, -0.2) is 4.39 Å². The molecule has 7 nitrogen and oxygen atoms in total. The molecule has 0 unspecified atom stereocenters. The van der Waals surface area contributed by atoms with E-state index in [2.05, 4.69) is 0 Å². The minimum Gasteiger partial charge on any atom is -0.490 e. The zero-order chi connectivity index (χ0) is 28.3. The van der Waals surface area contributed by atoms with Crippen LogP contribution in [0.1, 0.15) is 29.5 Å². The Hall–Kier alpha value is -4.85. The smallest absolute Gasteiger partial charge is 0.323 e. The lowest BCUT2D eigenvalue weighted by Gasteiger charge is -2.06. The fourth-order valence-corrected chi connectivity index (χ4v) is 4.34. The largest absolute Gasteiger partial charge is 0.490 e. The monoisotopic (exact) mass is 543 g/mol. The maximum atomic E-state index is 14.6. The van der Waals surface area contributed by atoms with Crippen molar-refractivity contribution in [3.8, 4) is 11.5 Å². The number of rotatable bonds is 14. The van der Waals surface area contributed by atoms with Gasteiger partial charge in [-0.3, -0.25) is 9.59 Å². The number of carboxylic acid groups (broad SMARTS) is 2. The lowest BCUT2D eigenvalue weighted by Crippen LogP contribution is -2.08. The highest BCUT2D eigenvalue weighted by atomic mass is 19.1. The van der Waals surface area contributed by atoms with Crippen LogP contribution in [0.4, 0.5) is 4.39 Å². The molecule has 0 atom stereocenters. The van der Waals surface area contributed by atoms with Crippen LogP contribution in [0.25, 0.3) is 23.1 Å². The van der Waals surface area contributed by atoms with Gasteiger partial charge in [0.2, 0.25) is 0 Å². The molecular weight excluding hydrogens is 513 g/mol. The van der Waals surface area contributed by atoms with E-state index in [0.717, 1.165) is 11.3 Å². The lowest BCUT2D eigenvalue weighted by molar-refractivity contribution is -0.138. The maximum absolute atomic E-state index is 14.6. The number of para-hydroxylation sites is 1. The maximum Gasteiger partial charge on any atom is 0.323 e. The normalized spacial score (nSPS) is 11.4. The Balaban J connectivity index is 1.42. The van der Waals surface area contributed by atoms with Crippen molar-refractivity contribution in [3.63, 3.8) is 0 Å². The van der Waals surface area contributed by atoms with E-state index in [1.54, 1.807) is 16.8 Å². The van der Waals surface area contributed by atoms with Crippen LogP contribution >= 0.6 is 0 Å². The van der Waals surface area contributed by atoms with Crippen LogP contribution in [0.5, 0.6) is 11.5 Å². The van der Waals surface area contributed by atoms with Gasteiger partial charge in [0, 0.05) is 23.6 Å². The Labute approximate surface area is 231 Å². The van der Waals surface area contributed by atoms with Crippen LogP contribution in [-0.2, 0) is 22.6 Å². The molecule has 0 radical (unpaired) electrons. The highest BCUT2D eigenvalue weighted by molar-refractivity contribution is 5.94. The zero-order valence-corrected chi connectivity index (χ0v) is 21.8. The van der Waals surface area contributed by atoms with E-state index >= 15 is 0 Å². The summed E-state index contributed by atoms with van der Waals surface area (Å²) in [6, 6.07) is 19.7. The summed E-state index contributed by atoms with van der Waals surface area (Å²) >= 11 is 0. The van der Waals surface area contributed by atoms with Gasteiger partial charge in [-0.2, -0.15) is 0 Å². The van der Waals surface area contributed by atoms with Gasteiger partial charge in [-0.15, -0.1) is 0 Å². The van der Waals surface area contributed by atoms with E-state index in [9.17, 15) is 19.1 Å². The molecule has 4 aromatic rings. The number of nitrogens with zero attached hydrogens (tertiary/aromatic N) is 1. The van der Waals surface area contributed by atoms with E-state index in [-0.39, 0.29) is 13.0 Å². The molecule has 3 aromatic carbocycles. The molecule has 0 saturated carbocycles. The predicted octanol–water partition coefficient (Wildman–Crippen LogP) is 6.46. The number of fused-ring (bicyclic) bond motifs is 1. The van der Waals surface area contributed by atoms with Crippen molar-refractivity contribution >= 4 is 35.0 Å². The Morgan fingerprint density at radius 3 is 2.17 bits per heavy atom. The van der Waals surface area contributed by atoms with Gasteiger partial charge in [0.1, 0.15) is 37.1 Å². The molecule has 0 aliphatic heterocycles. The topological polar surface area (TPSA) is 98.0 Å². The number of hydrogen-bond acceptors (Lipinski definition) is 4. The fourth-order valence-electron chi connectivity index (χ4n) is 4.34. The third-order valence-corrected chi connectivity index (χ3v) is 6.13. The number of ether oxygens (including phenoxy) is 2. The Morgan fingerprint density at radius 2 is 1.52 bits per heavy atom. The predicted molar refractivity (Wildman–Crippen MR) is 152 cm³/mol. The molecule has 0 aliphatic carbocycles. The van der Waals surface area contributed by atoms with Crippen molar-refractivity contribution in [1.29, 1.82) is 0 Å². The van der Waals surface area contributed by atoms with Gasteiger partial charge in [0.25, 0.3) is 0 Å². The van der Waals surface area contributed by atoms with Crippen LogP contribution < -0.4 is 9.47 Å². The van der Waals surface area contributed by atoms with Crippen molar-refractivity contribution in [3.05, 3.63) is 108 Å². The lowest BCUT2D eigenvalue weighted by atomic mass is 10.0. The van der Waals surface area contributed by atoms with Gasteiger partial charge >= 0.3 is 11.9 Å². The van der Waals surface area contributed by atoms with Crippen LogP contribution in [0, 0.1) is 5.82 Å². The van der Waals surface area contributed by atoms with Crippen LogP contribution in [0.3, 0.4) is 0 Å². The summed E-state index contributed by atoms with van der Waals surface area (Å²) < 4.78 is 27.5. The third kappa shape index (κ3) is 8.07. The zero-order valence-electron chi connectivity index (χ0n) is 21.8. The molecule has 0 spiro atoms. The van der Waals surface area contributed by atoms with Gasteiger partial charge in [0.15, 0.2) is 0 Å². The molecule has 1 heterocycles. The summed E-state index contributed by atoms with van der Waals surface area (Å²) in [5.41, 5.74) is 2.70. The summed E-state index contributed by atoms with van der Waals surface area (Å²) in [4.78, 5) is 22.4. The molecule has 206 valence electrons. The van der Waals surface area contributed by atoms with E-state index in [1.807, 2.05) is 72.8 Å². The van der Waals surface area contributed by atoms with Crippen molar-refractivity contribution in [2.24, 2.45) is 0 Å². The first-order valence-electron chi connectivity index (χ1n) is 12.9. The third-order valence-electron chi connectivity index (χ3n) is 6.13. The molecular formula is C32H30FNO6. The quantitative estimate of drug-likeness (QED) is 0.140. The first-order valence-corrected chi connectivity index (χ1v) is 12.9. The van der Waals surface area contributed by atoms with Crippen molar-refractivity contribution < 1.29 is 33.7 Å². The minimum atomic E-state index is -1.03. The second-order valence-corrected chi connectivity index (χ2v) is 9.12. The first kappa shape index (κ1) is 28.2. The minimum absolute atomic E-state index is 0.0215. The molecule has 1 aromatic heterocycles. The van der Waals surface area contributed by atoms with Crippen LogP contribution in [0.2, 0.25) is 0 Å². The Bertz CT molecular complexity index is 1510. The Morgan fingerprint density at radius 1 is 0.850 bits per heavy atom. The average Bonchev–Trinajstić information content (AvgIpc) is 3.26. The van der Waals surface area contributed by atoms with Crippen LogP contribution in [0.15, 0.2) is 85.1 Å². The summed E-state index contributed by atoms with van der Waals surface area (Å²) in [6.45, 7) is 0.550. The van der Waals surface area contributed by atoms with Crippen LogP contribution in [-0.4, -0.2) is 39.9 Å². The molecule has 0 fully saturated rings. The van der Waals surface area contributed by atoms with Crippen molar-refractivity contribution in [1.82, 2.24) is 4.57 Å². The number of aliphatic carboxylic acids is 2. The molecule has 0 amide bonds. The van der Waals surface area contributed by atoms with E-state index in [1.165, 1.54) is 12.1 Å². The van der Waals surface area contributed by atoms with Gasteiger partial charge in [-0.05, 0) is 72.5 Å². The first-order chi connectivity index (χ1) is 19.4. The molecule has 2 N–H and O–H groups in total. The molecule has 4 rings (SSSR count). The average molecular weight is 544 g/mol. The van der Waals surface area contributed by atoms with Crippen molar-refractivity contribution in [2.75, 3.05) is 13.2 Å². The number of hydrogen-bond donors (Lipinski definition) is 2. The van der Waals surface area contributed by atoms with Crippen molar-refractivity contribution in [2.45, 2.75) is 25.8 Å². The number of benzene rings is 3. The molecule has 0 bridgehead atoms. The highest BCUT2D eigenvalue weighted by Crippen LogP contribution is 2.29.